The second-order valence-corrected chi connectivity index (χ2v) is 6.71. The van der Waals surface area contributed by atoms with Gasteiger partial charge in [0.2, 0.25) is 0 Å². The molecule has 0 radical (unpaired) electrons. The number of hydrogen-bond acceptors (Lipinski definition) is 4. The number of hydrogen-bond donors (Lipinski definition) is 3. The molecule has 2 aromatic carbocycles. The molecule has 0 aliphatic carbocycles. The molecule has 0 spiro atoms. The first-order valence-corrected chi connectivity index (χ1v) is 8.92. The third-order valence-corrected chi connectivity index (χ3v) is 4.73. The zero-order valence-electron chi connectivity index (χ0n) is 14.4. The molecular weight excluding hydrogens is 348 g/mol. The van der Waals surface area contributed by atoms with E-state index in [1.165, 1.54) is 11.8 Å². The number of amides is 1. The van der Waals surface area contributed by atoms with Gasteiger partial charge in [-0.2, -0.15) is 0 Å². The number of aromatic nitrogens is 1. The lowest BCUT2D eigenvalue weighted by molar-refractivity contribution is 0.0949. The van der Waals surface area contributed by atoms with Crippen LogP contribution in [0.25, 0.3) is 10.9 Å². The Bertz CT molecular complexity index is 952. The Balaban J connectivity index is 1.72. The predicted octanol–water partition coefficient (Wildman–Crippen LogP) is 3.07. The maximum Gasteiger partial charge on any atom is 0.255 e. The maximum atomic E-state index is 12.4. The van der Waals surface area contributed by atoms with Crippen molar-refractivity contribution in [1.29, 1.82) is 5.41 Å². The predicted molar refractivity (Wildman–Crippen MR) is 105 cm³/mol. The molecule has 1 aromatic heterocycles. The highest BCUT2D eigenvalue weighted by molar-refractivity contribution is 8.13. The lowest BCUT2D eigenvalue weighted by atomic mass is 10.2. The highest BCUT2D eigenvalue weighted by atomic mass is 32.2. The smallest absolute Gasteiger partial charge is 0.255 e. The fourth-order valence-corrected chi connectivity index (χ4v) is 3.51. The molecule has 0 aliphatic heterocycles. The summed E-state index contributed by atoms with van der Waals surface area (Å²) in [5.41, 5.74) is 7.08. The number of nitrogens with two attached hydrogens (primary N) is 1. The summed E-state index contributed by atoms with van der Waals surface area (Å²) in [7, 11) is 1.55. The van der Waals surface area contributed by atoms with Gasteiger partial charge in [0.1, 0.15) is 5.75 Å². The molecule has 0 fully saturated rings. The van der Waals surface area contributed by atoms with Crippen molar-refractivity contribution in [1.82, 2.24) is 9.88 Å². The molecule has 0 saturated carbocycles. The number of methoxy groups -OCH3 is 1. The van der Waals surface area contributed by atoms with Crippen molar-refractivity contribution in [2.24, 2.45) is 5.73 Å². The molecule has 0 aliphatic rings. The Morgan fingerprint density at radius 2 is 1.96 bits per heavy atom. The van der Waals surface area contributed by atoms with Crippen molar-refractivity contribution in [2.45, 2.75) is 11.4 Å². The highest BCUT2D eigenvalue weighted by Gasteiger charge is 2.12. The fourth-order valence-electron chi connectivity index (χ4n) is 2.82. The number of carbonyl (C=O) groups excluding carboxylic acids is 1. The monoisotopic (exact) mass is 368 g/mol. The Hall–Kier alpha value is -2.93. The zero-order chi connectivity index (χ0) is 18.5. The molecule has 6 nitrogen and oxygen atoms in total. The van der Waals surface area contributed by atoms with Gasteiger partial charge >= 0.3 is 0 Å². The number of para-hydroxylation sites is 2. The summed E-state index contributed by atoms with van der Waals surface area (Å²) in [6, 6.07) is 15.1. The molecule has 0 bridgehead atoms. The van der Waals surface area contributed by atoms with Gasteiger partial charge in [0.15, 0.2) is 5.17 Å². The Morgan fingerprint density at radius 3 is 2.73 bits per heavy atom. The van der Waals surface area contributed by atoms with Gasteiger partial charge < -0.3 is 20.4 Å². The van der Waals surface area contributed by atoms with Crippen LogP contribution in [0.1, 0.15) is 10.4 Å². The molecule has 134 valence electrons. The summed E-state index contributed by atoms with van der Waals surface area (Å²) in [5.74, 6) is 0.383. The third kappa shape index (κ3) is 3.83. The van der Waals surface area contributed by atoms with Crippen LogP contribution in [0.3, 0.4) is 0 Å². The summed E-state index contributed by atoms with van der Waals surface area (Å²) in [5, 5.41) is 11.5. The Kier molecular flexibility index (Phi) is 5.48. The van der Waals surface area contributed by atoms with Crippen LogP contribution in [0.4, 0.5) is 0 Å². The third-order valence-electron chi connectivity index (χ3n) is 3.96. The van der Waals surface area contributed by atoms with Crippen molar-refractivity contribution in [2.75, 3.05) is 13.7 Å². The minimum Gasteiger partial charge on any atom is -0.496 e. The number of rotatable bonds is 6. The second kappa shape index (κ2) is 7.97. The quantitative estimate of drug-likeness (QED) is 0.354. The van der Waals surface area contributed by atoms with E-state index in [0.29, 0.717) is 24.4 Å². The molecule has 7 heteroatoms. The van der Waals surface area contributed by atoms with Gasteiger partial charge in [0.25, 0.3) is 5.91 Å². The summed E-state index contributed by atoms with van der Waals surface area (Å²) in [4.78, 5) is 13.3. The number of amidine groups is 1. The molecule has 0 atom stereocenters. The van der Waals surface area contributed by atoms with Gasteiger partial charge in [-0.15, -0.1) is 0 Å². The Labute approximate surface area is 155 Å². The summed E-state index contributed by atoms with van der Waals surface area (Å²) < 4.78 is 7.29. The minimum absolute atomic E-state index is 0.0531. The van der Waals surface area contributed by atoms with E-state index in [1.807, 2.05) is 42.6 Å². The fraction of sp³-hybridized carbons (Fsp3) is 0.158. The van der Waals surface area contributed by atoms with E-state index in [1.54, 1.807) is 19.2 Å². The van der Waals surface area contributed by atoms with E-state index in [9.17, 15) is 4.79 Å². The molecule has 3 rings (SSSR count). The summed E-state index contributed by atoms with van der Waals surface area (Å²) in [6.45, 7) is 1.08. The van der Waals surface area contributed by atoms with Crippen LogP contribution in [0.2, 0.25) is 0 Å². The van der Waals surface area contributed by atoms with Crippen molar-refractivity contribution >= 4 is 33.7 Å². The number of ether oxygens (including phenoxy) is 1. The lowest BCUT2D eigenvalue weighted by Gasteiger charge is -2.10. The molecule has 26 heavy (non-hydrogen) atoms. The van der Waals surface area contributed by atoms with Crippen LogP contribution in [-0.2, 0) is 6.54 Å². The van der Waals surface area contributed by atoms with Crippen molar-refractivity contribution < 1.29 is 9.53 Å². The number of thioether (sulfide) groups is 1. The largest absolute Gasteiger partial charge is 0.496 e. The van der Waals surface area contributed by atoms with E-state index in [-0.39, 0.29) is 11.1 Å². The number of carbonyl (C=O) groups is 1. The molecule has 1 heterocycles. The zero-order valence-corrected chi connectivity index (χ0v) is 15.2. The number of nitrogens with one attached hydrogen (secondary N) is 2. The summed E-state index contributed by atoms with van der Waals surface area (Å²) in [6.07, 6.45) is 1.96. The molecule has 4 N–H and O–H groups in total. The van der Waals surface area contributed by atoms with E-state index in [2.05, 4.69) is 9.88 Å². The van der Waals surface area contributed by atoms with Gasteiger partial charge in [0, 0.05) is 35.1 Å². The average Bonchev–Trinajstić information content (AvgIpc) is 2.99. The van der Waals surface area contributed by atoms with Gasteiger partial charge in [-0.25, -0.2) is 0 Å². The van der Waals surface area contributed by atoms with E-state index in [4.69, 9.17) is 15.9 Å². The SMILES string of the molecule is COc1ccccc1C(=O)NCCn1cc(SC(=N)N)c2ccccc21. The van der Waals surface area contributed by atoms with Crippen LogP contribution >= 0.6 is 11.8 Å². The van der Waals surface area contributed by atoms with E-state index < -0.39 is 0 Å². The van der Waals surface area contributed by atoms with Crippen LogP contribution < -0.4 is 15.8 Å². The van der Waals surface area contributed by atoms with Gasteiger partial charge in [-0.05, 0) is 18.2 Å². The van der Waals surface area contributed by atoms with Gasteiger partial charge in [-0.1, -0.05) is 42.1 Å². The van der Waals surface area contributed by atoms with Crippen molar-refractivity contribution in [3.8, 4) is 5.75 Å². The maximum absolute atomic E-state index is 12.4. The van der Waals surface area contributed by atoms with Crippen LogP contribution in [0, 0.1) is 5.41 Å². The van der Waals surface area contributed by atoms with Crippen LogP contribution in [0.5, 0.6) is 5.75 Å². The van der Waals surface area contributed by atoms with Crippen molar-refractivity contribution in [3.63, 3.8) is 0 Å². The average molecular weight is 368 g/mol. The first kappa shape index (κ1) is 17.9. The van der Waals surface area contributed by atoms with Gasteiger partial charge in [-0.3, -0.25) is 10.2 Å². The number of fused-ring (bicyclic) bond motifs is 1. The molecule has 3 aromatic rings. The minimum atomic E-state index is -0.169. The summed E-state index contributed by atoms with van der Waals surface area (Å²) >= 11 is 1.23. The van der Waals surface area contributed by atoms with Gasteiger partial charge in [0.05, 0.1) is 12.7 Å². The van der Waals surface area contributed by atoms with E-state index >= 15 is 0 Å². The molecule has 1 amide bonds. The molecule has 0 saturated heterocycles. The van der Waals surface area contributed by atoms with E-state index in [0.717, 1.165) is 15.8 Å². The van der Waals surface area contributed by atoms with Crippen LogP contribution in [0.15, 0.2) is 59.6 Å². The van der Waals surface area contributed by atoms with Crippen LogP contribution in [-0.4, -0.2) is 29.3 Å². The number of nitrogens with zero attached hydrogens (tertiary/aromatic N) is 1. The topological polar surface area (TPSA) is 93.1 Å². The Morgan fingerprint density at radius 1 is 1.23 bits per heavy atom. The number of benzene rings is 2. The normalized spacial score (nSPS) is 10.7. The molecular formula is C19H20N4O2S. The first-order chi connectivity index (χ1) is 12.6. The standard InChI is InChI=1S/C19H20N4O2S/c1-25-16-9-5-3-7-14(16)18(24)22-10-11-23-12-17(26-19(20)21)13-6-2-4-8-15(13)23/h2-9,12H,10-11H2,1H3,(H3,20,21)(H,22,24). The second-order valence-electron chi connectivity index (χ2n) is 5.63. The van der Waals surface area contributed by atoms with Crippen molar-refractivity contribution in [3.05, 3.63) is 60.3 Å². The highest BCUT2D eigenvalue weighted by Crippen LogP contribution is 2.29. The first-order valence-electron chi connectivity index (χ1n) is 8.11. The molecule has 0 unspecified atom stereocenters. The lowest BCUT2D eigenvalue weighted by Crippen LogP contribution is -2.27.